The molecule has 36 heavy (non-hydrogen) atoms. The van der Waals surface area contributed by atoms with E-state index in [4.69, 9.17) is 4.98 Å². The van der Waals surface area contributed by atoms with Gasteiger partial charge in [0, 0.05) is 25.0 Å². The quantitative estimate of drug-likeness (QED) is 0.449. The van der Waals surface area contributed by atoms with E-state index in [1.54, 1.807) is 12.1 Å². The molecule has 9 heteroatoms. The summed E-state index contributed by atoms with van der Waals surface area (Å²) in [5, 5.41) is 6.67. The molecule has 0 radical (unpaired) electrons. The molecule has 3 amide bonds. The lowest BCUT2D eigenvalue weighted by molar-refractivity contribution is -0.126. The van der Waals surface area contributed by atoms with E-state index >= 15 is 0 Å². The van der Waals surface area contributed by atoms with Gasteiger partial charge in [0.2, 0.25) is 17.8 Å². The maximum absolute atomic E-state index is 13.2. The van der Waals surface area contributed by atoms with E-state index < -0.39 is 0 Å². The molecule has 2 aromatic heterocycles. The molecule has 1 aromatic carbocycles. The minimum absolute atomic E-state index is 0.0421. The maximum Gasteiger partial charge on any atom is 0.268 e. The summed E-state index contributed by atoms with van der Waals surface area (Å²) in [6, 6.07) is 11.5. The van der Waals surface area contributed by atoms with Crippen LogP contribution in [0.2, 0.25) is 0 Å². The normalized spacial score (nSPS) is 18.7. The number of hydrogen-bond acceptors (Lipinski definition) is 5. The van der Waals surface area contributed by atoms with Gasteiger partial charge in [-0.15, -0.1) is 11.3 Å². The molecule has 3 aromatic rings. The number of nitrogens with zero attached hydrogens (tertiary/aromatic N) is 3. The fourth-order valence-electron chi connectivity index (χ4n) is 5.29. The molecule has 5 rings (SSSR count). The molecule has 2 fully saturated rings. The summed E-state index contributed by atoms with van der Waals surface area (Å²) >= 11 is 1.27. The van der Waals surface area contributed by atoms with E-state index in [1.165, 1.54) is 17.4 Å². The number of para-hydroxylation sites is 2. The van der Waals surface area contributed by atoms with Crippen molar-refractivity contribution in [2.24, 2.45) is 5.92 Å². The van der Waals surface area contributed by atoms with Crippen LogP contribution >= 0.6 is 11.3 Å². The standard InChI is InChI=1S/C27H31N5O3S/c1-2-24(33)31-16-7-10-19(15-17-31)32-21-12-6-5-11-20(21)28-27(32)30-26(35)22-13-14-23(36-22)29-25(34)18-8-3-4-9-18/h2,5-6,11-14,18-19H,1,3-4,7-10,15-17H2,(H,29,34)(H,28,30,35)/t19-/m1/s1. The fraction of sp³-hybridized carbons (Fsp3) is 0.407. The second kappa shape index (κ2) is 10.7. The zero-order chi connectivity index (χ0) is 25.1. The lowest BCUT2D eigenvalue weighted by Crippen LogP contribution is -2.30. The number of thiophene rings is 1. The van der Waals surface area contributed by atoms with Crippen LogP contribution in [-0.2, 0) is 9.59 Å². The van der Waals surface area contributed by atoms with Crippen LogP contribution in [0.1, 0.15) is 60.7 Å². The molecule has 1 saturated heterocycles. The number of rotatable bonds is 6. The third-order valence-corrected chi connectivity index (χ3v) is 8.17. The molecule has 1 atom stereocenters. The maximum atomic E-state index is 13.2. The highest BCUT2D eigenvalue weighted by molar-refractivity contribution is 7.18. The Hall–Kier alpha value is -3.46. The van der Waals surface area contributed by atoms with Crippen molar-refractivity contribution in [3.8, 4) is 0 Å². The summed E-state index contributed by atoms with van der Waals surface area (Å²) in [6.07, 6.45) is 7.92. The Morgan fingerprint density at radius 3 is 2.58 bits per heavy atom. The summed E-state index contributed by atoms with van der Waals surface area (Å²) in [7, 11) is 0. The van der Waals surface area contributed by atoms with E-state index in [2.05, 4.69) is 21.8 Å². The highest BCUT2D eigenvalue weighted by Crippen LogP contribution is 2.32. The Morgan fingerprint density at radius 2 is 1.78 bits per heavy atom. The number of likely N-dealkylation sites (tertiary alicyclic amines) is 1. The molecule has 2 N–H and O–H groups in total. The van der Waals surface area contributed by atoms with E-state index in [0.717, 1.165) is 56.0 Å². The van der Waals surface area contributed by atoms with Crippen molar-refractivity contribution in [1.29, 1.82) is 0 Å². The van der Waals surface area contributed by atoms with Crippen LogP contribution in [-0.4, -0.2) is 45.3 Å². The zero-order valence-corrected chi connectivity index (χ0v) is 21.1. The Morgan fingerprint density at radius 1 is 0.972 bits per heavy atom. The summed E-state index contributed by atoms with van der Waals surface area (Å²) in [5.74, 6) is 0.310. The molecule has 1 aliphatic heterocycles. The topological polar surface area (TPSA) is 96.3 Å². The van der Waals surface area contributed by atoms with Crippen LogP contribution in [0.25, 0.3) is 11.0 Å². The Kier molecular flexibility index (Phi) is 7.18. The SMILES string of the molecule is C=CC(=O)N1CCC[C@@H](n2c(NC(=O)c3ccc(NC(=O)C4CCCC4)s3)nc3ccccc32)CC1. The highest BCUT2D eigenvalue weighted by atomic mass is 32.1. The Bertz CT molecular complexity index is 1290. The number of carbonyl (C=O) groups excluding carboxylic acids is 3. The van der Waals surface area contributed by atoms with Crippen molar-refractivity contribution in [2.45, 2.75) is 51.0 Å². The van der Waals surface area contributed by atoms with Crippen LogP contribution < -0.4 is 10.6 Å². The third-order valence-electron chi connectivity index (χ3n) is 7.17. The van der Waals surface area contributed by atoms with Crippen molar-refractivity contribution in [3.05, 3.63) is 53.9 Å². The number of aromatic nitrogens is 2. The van der Waals surface area contributed by atoms with Gasteiger partial charge >= 0.3 is 0 Å². The van der Waals surface area contributed by atoms with Crippen molar-refractivity contribution in [1.82, 2.24) is 14.5 Å². The average molecular weight is 506 g/mol. The van der Waals surface area contributed by atoms with Crippen LogP contribution in [0.3, 0.4) is 0 Å². The van der Waals surface area contributed by atoms with Crippen molar-refractivity contribution < 1.29 is 14.4 Å². The third kappa shape index (κ3) is 5.06. The van der Waals surface area contributed by atoms with Gasteiger partial charge in [-0.1, -0.05) is 31.6 Å². The van der Waals surface area contributed by atoms with Gasteiger partial charge in [0.15, 0.2) is 0 Å². The van der Waals surface area contributed by atoms with Crippen molar-refractivity contribution >= 4 is 51.0 Å². The summed E-state index contributed by atoms with van der Waals surface area (Å²) in [5.41, 5.74) is 1.77. The number of imidazole rings is 1. The molecule has 0 unspecified atom stereocenters. The van der Waals surface area contributed by atoms with Gasteiger partial charge in [0.05, 0.1) is 20.9 Å². The van der Waals surface area contributed by atoms with Gasteiger partial charge in [0.1, 0.15) is 0 Å². The highest BCUT2D eigenvalue weighted by Gasteiger charge is 2.26. The van der Waals surface area contributed by atoms with E-state index in [9.17, 15) is 14.4 Å². The summed E-state index contributed by atoms with van der Waals surface area (Å²) in [4.78, 5) is 44.9. The van der Waals surface area contributed by atoms with Crippen molar-refractivity contribution in [2.75, 3.05) is 23.7 Å². The monoisotopic (exact) mass is 505 g/mol. The largest absolute Gasteiger partial charge is 0.339 e. The van der Waals surface area contributed by atoms with Crippen LogP contribution in [0.4, 0.5) is 10.9 Å². The van der Waals surface area contributed by atoms with Gasteiger partial charge < -0.3 is 14.8 Å². The first-order chi connectivity index (χ1) is 17.5. The lowest BCUT2D eigenvalue weighted by atomic mass is 10.1. The number of carbonyl (C=O) groups is 3. The molecular weight excluding hydrogens is 474 g/mol. The van der Waals surface area contributed by atoms with Gasteiger partial charge in [-0.2, -0.15) is 0 Å². The van der Waals surface area contributed by atoms with Crippen LogP contribution in [0.15, 0.2) is 49.1 Å². The number of anilines is 2. The number of benzene rings is 1. The summed E-state index contributed by atoms with van der Waals surface area (Å²) in [6.45, 7) is 4.94. The smallest absolute Gasteiger partial charge is 0.268 e. The Balaban J connectivity index is 1.34. The van der Waals surface area contributed by atoms with Gasteiger partial charge in [-0.05, 0) is 62.4 Å². The number of fused-ring (bicyclic) bond motifs is 1. The first-order valence-electron chi connectivity index (χ1n) is 12.6. The molecule has 188 valence electrons. The minimum atomic E-state index is -0.255. The first-order valence-corrected chi connectivity index (χ1v) is 13.5. The van der Waals surface area contributed by atoms with E-state index in [0.29, 0.717) is 28.9 Å². The zero-order valence-electron chi connectivity index (χ0n) is 20.2. The number of amides is 3. The van der Waals surface area contributed by atoms with Crippen LogP contribution in [0, 0.1) is 5.92 Å². The van der Waals surface area contributed by atoms with Crippen molar-refractivity contribution in [3.63, 3.8) is 0 Å². The lowest BCUT2D eigenvalue weighted by Gasteiger charge is -2.21. The second-order valence-corrected chi connectivity index (χ2v) is 10.6. The van der Waals surface area contributed by atoms with E-state index in [-0.39, 0.29) is 29.7 Å². The van der Waals surface area contributed by atoms with Gasteiger partial charge in [-0.25, -0.2) is 4.98 Å². The molecular formula is C27H31N5O3S. The second-order valence-electron chi connectivity index (χ2n) is 9.50. The number of nitrogens with one attached hydrogen (secondary N) is 2. The predicted octanol–water partition coefficient (Wildman–Crippen LogP) is 5.22. The molecule has 1 aliphatic carbocycles. The summed E-state index contributed by atoms with van der Waals surface area (Å²) < 4.78 is 2.10. The van der Waals surface area contributed by atoms with E-state index in [1.807, 2.05) is 29.2 Å². The fourth-order valence-corrected chi connectivity index (χ4v) is 6.09. The van der Waals surface area contributed by atoms with Gasteiger partial charge in [0.25, 0.3) is 5.91 Å². The molecule has 2 aliphatic rings. The molecule has 1 saturated carbocycles. The Labute approximate surface area is 214 Å². The van der Waals surface area contributed by atoms with Crippen LogP contribution in [0.5, 0.6) is 0 Å². The molecule has 0 spiro atoms. The molecule has 0 bridgehead atoms. The average Bonchev–Trinajstić information content (AvgIpc) is 3.61. The molecule has 3 heterocycles. The van der Waals surface area contributed by atoms with Gasteiger partial charge in [-0.3, -0.25) is 19.7 Å². The number of hydrogen-bond donors (Lipinski definition) is 2. The predicted molar refractivity (Wildman–Crippen MR) is 142 cm³/mol. The minimum Gasteiger partial charge on any atom is -0.339 e. The molecule has 8 nitrogen and oxygen atoms in total. The first kappa shape index (κ1) is 24.2.